The number of hydrogen-bond donors (Lipinski definition) is 2. The van der Waals surface area contributed by atoms with Crippen molar-refractivity contribution in [1.82, 2.24) is 0 Å². The lowest BCUT2D eigenvalue weighted by atomic mass is 10.1. The number of hydrogen-bond acceptors (Lipinski definition) is 3. The van der Waals surface area contributed by atoms with Gasteiger partial charge in [-0.1, -0.05) is 30.7 Å². The number of benzene rings is 1. The highest BCUT2D eigenvalue weighted by Crippen LogP contribution is 2.32. The van der Waals surface area contributed by atoms with Crippen molar-refractivity contribution in [3.05, 3.63) is 34.9 Å². The molecule has 0 aliphatic rings. The topological polar surface area (TPSA) is 46.2 Å². The summed E-state index contributed by atoms with van der Waals surface area (Å²) in [6, 6.07) is 7.80. The van der Waals surface area contributed by atoms with E-state index in [1.54, 1.807) is 11.8 Å². The van der Waals surface area contributed by atoms with E-state index in [2.05, 4.69) is 6.92 Å². The molecule has 0 aromatic heterocycles. The van der Waals surface area contributed by atoms with Crippen molar-refractivity contribution in [3.63, 3.8) is 0 Å². The molecule has 0 amide bonds. The maximum Gasteiger partial charge on any atom is 0.0441 e. The monoisotopic (exact) mass is 259 g/mol. The molecule has 0 saturated heterocycles. The molecule has 0 bridgehead atoms. The average molecular weight is 260 g/mol. The minimum absolute atomic E-state index is 0.228. The third kappa shape index (κ3) is 4.34. The van der Waals surface area contributed by atoms with Crippen LogP contribution < -0.4 is 5.73 Å². The van der Waals surface area contributed by atoms with Gasteiger partial charge in [0.1, 0.15) is 0 Å². The number of aliphatic hydroxyl groups is 1. The van der Waals surface area contributed by atoms with Crippen LogP contribution in [-0.2, 0) is 0 Å². The van der Waals surface area contributed by atoms with Gasteiger partial charge in [0.25, 0.3) is 0 Å². The fourth-order valence-corrected chi connectivity index (χ4v) is 2.83. The Morgan fingerprint density at radius 3 is 2.50 bits per heavy atom. The summed E-state index contributed by atoms with van der Waals surface area (Å²) in [4.78, 5) is 0. The van der Waals surface area contributed by atoms with Gasteiger partial charge in [-0.3, -0.25) is 0 Å². The molecule has 2 nitrogen and oxygen atoms in total. The van der Waals surface area contributed by atoms with Gasteiger partial charge in [0.2, 0.25) is 0 Å². The predicted octanol–water partition coefficient (Wildman–Crippen LogP) is 2.84. The van der Waals surface area contributed by atoms with Gasteiger partial charge >= 0.3 is 0 Å². The maximum absolute atomic E-state index is 8.87. The Bertz CT molecular complexity index is 304. The van der Waals surface area contributed by atoms with Gasteiger partial charge in [-0.05, 0) is 24.1 Å². The van der Waals surface area contributed by atoms with E-state index in [-0.39, 0.29) is 11.9 Å². The Balaban J connectivity index is 2.63. The molecule has 0 heterocycles. The molecule has 90 valence electrons. The Kier molecular flexibility index (Phi) is 6.21. The molecule has 0 spiro atoms. The van der Waals surface area contributed by atoms with Crippen LogP contribution in [0.15, 0.2) is 24.3 Å². The molecule has 1 rings (SSSR count). The van der Waals surface area contributed by atoms with Crippen molar-refractivity contribution in [2.75, 3.05) is 13.2 Å². The zero-order valence-electron chi connectivity index (χ0n) is 9.40. The molecular formula is C12H18ClNOS. The normalized spacial score (nSPS) is 14.8. The van der Waals surface area contributed by atoms with Gasteiger partial charge in [-0.2, -0.15) is 0 Å². The maximum atomic E-state index is 8.87. The summed E-state index contributed by atoms with van der Waals surface area (Å²) in [5, 5.41) is 10.3. The predicted molar refractivity (Wildman–Crippen MR) is 72.0 cm³/mol. The van der Waals surface area contributed by atoms with E-state index in [1.807, 2.05) is 24.3 Å². The van der Waals surface area contributed by atoms with E-state index in [0.717, 1.165) is 11.4 Å². The Labute approximate surface area is 106 Å². The molecule has 1 aromatic rings. The second-order valence-electron chi connectivity index (χ2n) is 3.73. The summed E-state index contributed by atoms with van der Waals surface area (Å²) in [5.41, 5.74) is 6.97. The Morgan fingerprint density at radius 1 is 1.38 bits per heavy atom. The van der Waals surface area contributed by atoms with E-state index in [0.29, 0.717) is 11.8 Å². The van der Waals surface area contributed by atoms with Crippen LogP contribution >= 0.6 is 23.4 Å². The molecule has 0 aliphatic carbocycles. The highest BCUT2D eigenvalue weighted by molar-refractivity contribution is 8.00. The lowest BCUT2D eigenvalue weighted by Crippen LogP contribution is -2.13. The van der Waals surface area contributed by atoms with Crippen molar-refractivity contribution in [2.45, 2.75) is 23.8 Å². The molecule has 3 N–H and O–H groups in total. The molecule has 2 atom stereocenters. The summed E-state index contributed by atoms with van der Waals surface area (Å²) in [6.45, 7) is 2.94. The average Bonchev–Trinajstić information content (AvgIpc) is 2.27. The summed E-state index contributed by atoms with van der Waals surface area (Å²) < 4.78 is 0. The van der Waals surface area contributed by atoms with Gasteiger partial charge in [0, 0.05) is 28.7 Å². The fraction of sp³-hybridized carbons (Fsp3) is 0.500. The molecule has 0 aliphatic heterocycles. The number of halogens is 1. The van der Waals surface area contributed by atoms with Crippen LogP contribution in [0.2, 0.25) is 5.02 Å². The van der Waals surface area contributed by atoms with E-state index >= 15 is 0 Å². The van der Waals surface area contributed by atoms with Crippen molar-refractivity contribution >= 4 is 23.4 Å². The van der Waals surface area contributed by atoms with Crippen LogP contribution in [0.25, 0.3) is 0 Å². The molecule has 0 saturated carbocycles. The van der Waals surface area contributed by atoms with Crippen molar-refractivity contribution in [3.8, 4) is 0 Å². The SMILES string of the molecule is CC(CCO)SC(CN)c1ccc(Cl)cc1. The van der Waals surface area contributed by atoms with Gasteiger partial charge in [0.05, 0.1) is 0 Å². The number of thioether (sulfide) groups is 1. The summed E-state index contributed by atoms with van der Waals surface area (Å²) in [5.74, 6) is 0. The number of nitrogens with two attached hydrogens (primary N) is 1. The molecule has 2 unspecified atom stereocenters. The first-order chi connectivity index (χ1) is 7.67. The molecule has 0 fully saturated rings. The fourth-order valence-electron chi connectivity index (χ4n) is 1.48. The largest absolute Gasteiger partial charge is 0.396 e. The minimum Gasteiger partial charge on any atom is -0.396 e. The van der Waals surface area contributed by atoms with Crippen LogP contribution in [0.1, 0.15) is 24.2 Å². The van der Waals surface area contributed by atoms with Crippen LogP contribution in [0.5, 0.6) is 0 Å². The second-order valence-corrected chi connectivity index (χ2v) is 5.82. The highest BCUT2D eigenvalue weighted by Gasteiger charge is 2.14. The lowest BCUT2D eigenvalue weighted by molar-refractivity contribution is 0.289. The summed E-state index contributed by atoms with van der Waals surface area (Å²) in [7, 11) is 0. The van der Waals surface area contributed by atoms with Crippen LogP contribution in [0, 0.1) is 0 Å². The lowest BCUT2D eigenvalue weighted by Gasteiger charge is -2.19. The number of rotatable bonds is 6. The highest BCUT2D eigenvalue weighted by atomic mass is 35.5. The van der Waals surface area contributed by atoms with E-state index in [4.69, 9.17) is 22.4 Å². The summed E-state index contributed by atoms with van der Waals surface area (Å²) in [6.07, 6.45) is 0.800. The molecule has 16 heavy (non-hydrogen) atoms. The Morgan fingerprint density at radius 2 is 2.00 bits per heavy atom. The summed E-state index contributed by atoms with van der Waals surface area (Å²) >= 11 is 7.64. The zero-order chi connectivity index (χ0) is 12.0. The van der Waals surface area contributed by atoms with E-state index in [1.165, 1.54) is 5.56 Å². The minimum atomic E-state index is 0.228. The van der Waals surface area contributed by atoms with E-state index in [9.17, 15) is 0 Å². The molecule has 0 radical (unpaired) electrons. The van der Waals surface area contributed by atoms with Gasteiger partial charge < -0.3 is 10.8 Å². The van der Waals surface area contributed by atoms with Crippen molar-refractivity contribution in [1.29, 1.82) is 0 Å². The third-order valence-electron chi connectivity index (χ3n) is 2.39. The van der Waals surface area contributed by atoms with Gasteiger partial charge in [-0.25, -0.2) is 0 Å². The second kappa shape index (κ2) is 7.17. The molecule has 1 aromatic carbocycles. The Hall–Kier alpha value is -0.220. The first-order valence-corrected chi connectivity index (χ1v) is 6.71. The van der Waals surface area contributed by atoms with Gasteiger partial charge in [-0.15, -0.1) is 11.8 Å². The third-order valence-corrected chi connectivity index (χ3v) is 4.13. The first-order valence-electron chi connectivity index (χ1n) is 5.39. The van der Waals surface area contributed by atoms with Crippen LogP contribution in [-0.4, -0.2) is 23.5 Å². The van der Waals surface area contributed by atoms with Crippen molar-refractivity contribution in [2.24, 2.45) is 5.73 Å². The molecule has 4 heteroatoms. The standard InChI is InChI=1S/C12H18ClNOS/c1-9(6-7-15)16-12(8-14)10-2-4-11(13)5-3-10/h2-5,9,12,15H,6-8,14H2,1H3. The quantitative estimate of drug-likeness (QED) is 0.826. The zero-order valence-corrected chi connectivity index (χ0v) is 11.0. The number of aliphatic hydroxyl groups excluding tert-OH is 1. The molecular weight excluding hydrogens is 242 g/mol. The first kappa shape index (κ1) is 13.8. The van der Waals surface area contributed by atoms with E-state index < -0.39 is 0 Å². The van der Waals surface area contributed by atoms with Gasteiger partial charge in [0.15, 0.2) is 0 Å². The van der Waals surface area contributed by atoms with Crippen molar-refractivity contribution < 1.29 is 5.11 Å². The van der Waals surface area contributed by atoms with Crippen LogP contribution in [0.3, 0.4) is 0 Å². The smallest absolute Gasteiger partial charge is 0.0441 e. The van der Waals surface area contributed by atoms with Crippen LogP contribution in [0.4, 0.5) is 0 Å².